The van der Waals surface area contributed by atoms with Crippen LogP contribution in [0.5, 0.6) is 5.75 Å². The van der Waals surface area contributed by atoms with Crippen molar-refractivity contribution in [1.29, 1.82) is 0 Å². The fourth-order valence-electron chi connectivity index (χ4n) is 6.23. The Hall–Kier alpha value is -3.96. The van der Waals surface area contributed by atoms with E-state index in [1.165, 1.54) is 4.90 Å². The molecule has 0 saturated carbocycles. The number of nitrogens with zero attached hydrogens (tertiary/aromatic N) is 1. The molecular formula is C36H45BrN4O6. The van der Waals surface area contributed by atoms with E-state index in [1.807, 2.05) is 51.1 Å². The van der Waals surface area contributed by atoms with E-state index in [0.717, 1.165) is 27.6 Å². The number of ether oxygens (including phenoxy) is 1. The molecule has 0 aliphatic carbocycles. The Morgan fingerprint density at radius 1 is 1.11 bits per heavy atom. The molecule has 252 valence electrons. The van der Waals surface area contributed by atoms with Gasteiger partial charge < -0.3 is 30.4 Å². The average Bonchev–Trinajstić information content (AvgIpc) is 3.27. The molecular weight excluding hydrogens is 664 g/mol. The van der Waals surface area contributed by atoms with Gasteiger partial charge in [0, 0.05) is 30.3 Å². The van der Waals surface area contributed by atoms with Crippen molar-refractivity contribution in [3.05, 3.63) is 75.9 Å². The van der Waals surface area contributed by atoms with Gasteiger partial charge in [0.15, 0.2) is 0 Å². The molecule has 0 spiro atoms. The second-order valence-electron chi connectivity index (χ2n) is 12.9. The molecule has 2 bridgehead atoms. The summed E-state index contributed by atoms with van der Waals surface area (Å²) >= 11 is 3.60. The number of carbonyl (C=O) groups is 4. The molecule has 10 nitrogen and oxygen atoms in total. The van der Waals surface area contributed by atoms with Gasteiger partial charge in [-0.25, -0.2) is 0 Å². The summed E-state index contributed by atoms with van der Waals surface area (Å²) in [6, 6.07) is 12.2. The van der Waals surface area contributed by atoms with Gasteiger partial charge in [-0.3, -0.25) is 19.2 Å². The van der Waals surface area contributed by atoms with Crippen molar-refractivity contribution in [2.75, 3.05) is 7.05 Å². The Balaban J connectivity index is 1.53. The molecule has 0 fully saturated rings. The van der Waals surface area contributed by atoms with Crippen LogP contribution in [0.1, 0.15) is 71.0 Å². The van der Waals surface area contributed by atoms with Crippen LogP contribution in [0, 0.1) is 11.8 Å². The minimum absolute atomic E-state index is 0.0591. The van der Waals surface area contributed by atoms with Crippen molar-refractivity contribution < 1.29 is 29.0 Å². The third-order valence-corrected chi connectivity index (χ3v) is 9.22. The molecule has 6 unspecified atom stereocenters. The number of nitrogens with one attached hydrogen (secondary N) is 3. The zero-order valence-corrected chi connectivity index (χ0v) is 29.4. The number of likely N-dealkylation sites (N-methyl/N-ethyl adjacent to an activating group) is 1. The Kier molecular flexibility index (Phi) is 12.0. The molecule has 1 aliphatic rings. The van der Waals surface area contributed by atoms with Crippen LogP contribution in [0.4, 0.5) is 0 Å². The number of hydrogen-bond donors (Lipinski definition) is 4. The number of amides is 3. The predicted octanol–water partition coefficient (Wildman–Crippen LogP) is 5.35. The van der Waals surface area contributed by atoms with Crippen LogP contribution >= 0.6 is 15.9 Å². The topological polar surface area (TPSA) is 141 Å². The number of hydrogen-bond acceptors (Lipinski definition) is 6. The third kappa shape index (κ3) is 9.32. The van der Waals surface area contributed by atoms with Gasteiger partial charge in [0.25, 0.3) is 0 Å². The lowest BCUT2D eigenvalue weighted by atomic mass is 9.95. The maximum absolute atomic E-state index is 14.1. The summed E-state index contributed by atoms with van der Waals surface area (Å²) in [5.41, 5.74) is 3.46. The summed E-state index contributed by atoms with van der Waals surface area (Å²) in [6.07, 6.45) is 2.91. The number of fused-ring (bicyclic) bond motifs is 3. The molecule has 11 heteroatoms. The number of aliphatic hydroxyl groups excluding tert-OH is 1. The molecule has 1 aliphatic heterocycles. The molecule has 0 radical (unpaired) electrons. The number of H-pyrrole nitrogens is 1. The molecule has 4 rings (SSSR count). The Labute approximate surface area is 284 Å². The summed E-state index contributed by atoms with van der Waals surface area (Å²) in [7, 11) is 1.56. The second-order valence-corrected chi connectivity index (χ2v) is 13.6. The summed E-state index contributed by atoms with van der Waals surface area (Å²) in [6.45, 7) is 9.16. The summed E-state index contributed by atoms with van der Waals surface area (Å²) in [5, 5.41) is 16.4. The lowest BCUT2D eigenvalue weighted by Gasteiger charge is -2.31. The zero-order valence-electron chi connectivity index (χ0n) is 27.8. The van der Waals surface area contributed by atoms with Crippen molar-refractivity contribution in [3.63, 3.8) is 0 Å². The summed E-state index contributed by atoms with van der Waals surface area (Å²) in [4.78, 5) is 58.2. The van der Waals surface area contributed by atoms with Crippen LogP contribution in [-0.2, 0) is 25.6 Å². The first-order valence-electron chi connectivity index (χ1n) is 16.0. The van der Waals surface area contributed by atoms with Gasteiger partial charge in [-0.05, 0) is 84.8 Å². The van der Waals surface area contributed by atoms with E-state index < -0.39 is 47.9 Å². The number of allylic oxidation sites excluding steroid dienone is 2. The highest BCUT2D eigenvalue weighted by molar-refractivity contribution is 9.10. The number of aliphatic hydroxyl groups is 1. The van der Waals surface area contributed by atoms with Crippen molar-refractivity contribution >= 4 is 50.5 Å². The number of halogens is 1. The van der Waals surface area contributed by atoms with Crippen molar-refractivity contribution in [3.8, 4) is 5.75 Å². The first kappa shape index (κ1) is 35.9. The van der Waals surface area contributed by atoms with Crippen LogP contribution in [0.25, 0.3) is 10.9 Å². The SMILES string of the molecule is CC(=CC(C)CC(C)O)CC(C)C(=O)NC(C)C(=O)N(C)C(Cc1c(Br)[nH]c2ccccc12)C(=O)NC1CC(=O)Oc2cccc1c2. The highest BCUT2D eigenvalue weighted by atomic mass is 79.9. The molecule has 3 aromatic rings. The van der Waals surface area contributed by atoms with Crippen LogP contribution in [0.15, 0.2) is 64.8 Å². The van der Waals surface area contributed by atoms with Gasteiger partial charge >= 0.3 is 5.97 Å². The van der Waals surface area contributed by atoms with Gasteiger partial charge in [-0.2, -0.15) is 0 Å². The smallest absolute Gasteiger partial charge is 0.313 e. The number of aromatic amines is 1. The molecule has 4 N–H and O–H groups in total. The standard InChI is InChI=1S/C36H45BrN4O6/c1-20(14-21(2)16-23(4)42)15-22(3)34(44)38-24(5)36(46)41(6)31(18-28-27-12-7-8-13-29(27)39-33(28)37)35(45)40-30-19-32(43)47-26-11-9-10-25(30)17-26/h7-14,17,21-24,30-31,39,42H,15-16,18-19H2,1-6H3,(H,38,44)(H,40,45). The Morgan fingerprint density at radius 2 is 1.83 bits per heavy atom. The predicted molar refractivity (Wildman–Crippen MR) is 184 cm³/mol. The number of benzene rings is 2. The van der Waals surface area contributed by atoms with Crippen LogP contribution in [0.2, 0.25) is 0 Å². The Morgan fingerprint density at radius 3 is 2.55 bits per heavy atom. The minimum atomic E-state index is -0.974. The normalized spacial score (nSPS) is 17.9. The molecule has 2 aromatic carbocycles. The lowest BCUT2D eigenvalue weighted by molar-refractivity contribution is -0.142. The highest BCUT2D eigenvalue weighted by Crippen LogP contribution is 2.30. The van der Waals surface area contributed by atoms with E-state index in [1.54, 1.807) is 39.1 Å². The quantitative estimate of drug-likeness (QED) is 0.107. The second kappa shape index (κ2) is 15.8. The largest absolute Gasteiger partial charge is 0.426 e. The van der Waals surface area contributed by atoms with Crippen LogP contribution in [0.3, 0.4) is 0 Å². The number of esters is 1. The fraction of sp³-hybridized carbons (Fsp3) is 0.444. The number of carbonyl (C=O) groups excluding carboxylic acids is 4. The minimum Gasteiger partial charge on any atom is -0.426 e. The van der Waals surface area contributed by atoms with E-state index in [2.05, 4.69) is 37.6 Å². The van der Waals surface area contributed by atoms with Crippen molar-refractivity contribution in [2.45, 2.75) is 84.5 Å². The van der Waals surface area contributed by atoms with Crippen molar-refractivity contribution in [1.82, 2.24) is 20.5 Å². The van der Waals surface area contributed by atoms with Gasteiger partial charge in [0.2, 0.25) is 17.7 Å². The summed E-state index contributed by atoms with van der Waals surface area (Å²) in [5.74, 6) is -1.42. The lowest BCUT2D eigenvalue weighted by Crippen LogP contribution is -2.55. The maximum Gasteiger partial charge on any atom is 0.313 e. The van der Waals surface area contributed by atoms with Gasteiger partial charge in [0.05, 0.1) is 23.2 Å². The van der Waals surface area contributed by atoms with E-state index in [0.29, 0.717) is 23.2 Å². The molecule has 1 aromatic heterocycles. The van der Waals surface area contributed by atoms with E-state index in [-0.39, 0.29) is 24.7 Å². The van der Waals surface area contributed by atoms with Gasteiger partial charge in [-0.1, -0.05) is 55.8 Å². The number of rotatable bonds is 13. The molecule has 0 saturated heterocycles. The molecule has 47 heavy (non-hydrogen) atoms. The van der Waals surface area contributed by atoms with E-state index in [9.17, 15) is 24.3 Å². The van der Waals surface area contributed by atoms with Gasteiger partial charge in [0.1, 0.15) is 17.8 Å². The fourth-order valence-corrected chi connectivity index (χ4v) is 6.82. The molecule has 2 heterocycles. The van der Waals surface area contributed by atoms with E-state index >= 15 is 0 Å². The monoisotopic (exact) mass is 708 g/mol. The number of aromatic nitrogens is 1. The molecule has 3 amide bonds. The maximum atomic E-state index is 14.1. The van der Waals surface area contributed by atoms with E-state index in [4.69, 9.17) is 4.74 Å². The summed E-state index contributed by atoms with van der Waals surface area (Å²) < 4.78 is 6.05. The van der Waals surface area contributed by atoms with Crippen molar-refractivity contribution in [2.24, 2.45) is 11.8 Å². The zero-order chi connectivity index (χ0) is 34.4. The van der Waals surface area contributed by atoms with Crippen LogP contribution in [-0.4, -0.2) is 63.9 Å². The van der Waals surface area contributed by atoms with Crippen LogP contribution < -0.4 is 15.4 Å². The van der Waals surface area contributed by atoms with Gasteiger partial charge in [-0.15, -0.1) is 0 Å². The third-order valence-electron chi connectivity index (χ3n) is 8.54. The molecule has 6 atom stereocenters. The number of para-hydroxylation sites is 1. The average molecular weight is 710 g/mol. The first-order chi connectivity index (χ1) is 22.2. The highest BCUT2D eigenvalue weighted by Gasteiger charge is 2.34. The Bertz CT molecular complexity index is 1650. The first-order valence-corrected chi connectivity index (χ1v) is 16.8.